The van der Waals surface area contributed by atoms with Crippen LogP contribution in [0.25, 0.3) is 11.1 Å². The first kappa shape index (κ1) is 48.1. The molecule has 16 heteroatoms. The number of amides is 5. The zero-order valence-electron chi connectivity index (χ0n) is 38.5. The number of hydrazone groups is 1. The monoisotopic (exact) mass is 940 g/mol. The molecule has 70 heavy (non-hydrogen) atoms. The van der Waals surface area contributed by atoms with Gasteiger partial charge in [-0.25, -0.2) is 5.53 Å². The maximum atomic E-state index is 14.8. The number of pyridine rings is 1. The molecule has 0 aliphatic carbocycles. The summed E-state index contributed by atoms with van der Waals surface area (Å²) in [4.78, 5) is 76.3. The number of carbonyl (C=O) groups excluding carboxylic acids is 5. The van der Waals surface area contributed by atoms with Crippen molar-refractivity contribution in [2.24, 2.45) is 5.10 Å². The van der Waals surface area contributed by atoms with E-state index in [4.69, 9.17) is 4.74 Å². The molecule has 0 radical (unpaired) electrons. The molecule has 0 saturated carbocycles. The Balaban J connectivity index is 1.12. The second kappa shape index (κ2) is 24.1. The Labute approximate surface area is 406 Å². The van der Waals surface area contributed by atoms with Crippen LogP contribution in [0.2, 0.25) is 0 Å². The van der Waals surface area contributed by atoms with E-state index < -0.39 is 59.7 Å². The maximum Gasteiger partial charge on any atom is 0.258 e. The fraction of sp³-hybridized carbons (Fsp3) is 0.241. The van der Waals surface area contributed by atoms with Gasteiger partial charge >= 0.3 is 0 Å². The van der Waals surface area contributed by atoms with Gasteiger partial charge in [-0.05, 0) is 95.3 Å². The van der Waals surface area contributed by atoms with E-state index in [0.717, 1.165) is 38.9 Å². The smallest absolute Gasteiger partial charge is 0.258 e. The van der Waals surface area contributed by atoms with Gasteiger partial charge in [0.25, 0.3) is 5.91 Å². The second-order valence-electron chi connectivity index (χ2n) is 17.2. The lowest BCUT2D eigenvalue weighted by Crippen LogP contribution is -2.60. The number of hydrogen-bond acceptors (Lipinski definition) is 11. The summed E-state index contributed by atoms with van der Waals surface area (Å²) >= 11 is 0. The minimum Gasteiger partial charge on any atom is -0.484 e. The van der Waals surface area contributed by atoms with Crippen LogP contribution in [0.1, 0.15) is 40.7 Å². The minimum atomic E-state index is -1.21. The summed E-state index contributed by atoms with van der Waals surface area (Å²) in [5.74, 6) is -1.99. The molecule has 358 valence electrons. The van der Waals surface area contributed by atoms with E-state index in [-0.39, 0.29) is 32.3 Å². The average Bonchev–Trinajstić information content (AvgIpc) is 3.94. The number of benzene rings is 5. The van der Waals surface area contributed by atoms with Crippen molar-refractivity contribution in [1.29, 1.82) is 0 Å². The molecular formula is C54H56N10O6. The number of amidine groups is 1. The molecule has 9 rings (SSSR count). The van der Waals surface area contributed by atoms with Crippen LogP contribution >= 0.6 is 0 Å². The lowest BCUT2D eigenvalue weighted by molar-refractivity contribution is -0.135. The predicted octanol–water partition coefficient (Wildman–Crippen LogP) is 3.78. The molecule has 5 aromatic carbocycles. The first-order valence-electron chi connectivity index (χ1n) is 23.4. The van der Waals surface area contributed by atoms with Crippen LogP contribution in [-0.4, -0.2) is 77.2 Å². The molecule has 0 spiro atoms. The molecule has 5 atom stereocenters. The summed E-state index contributed by atoms with van der Waals surface area (Å²) in [6.07, 6.45) is 4.85. The summed E-state index contributed by atoms with van der Waals surface area (Å²) in [7, 11) is 0. The summed E-state index contributed by atoms with van der Waals surface area (Å²) < 4.78 is 5.86. The molecule has 3 aliphatic rings. The topological polar surface area (TPSA) is 216 Å². The Morgan fingerprint density at radius 2 is 1.20 bits per heavy atom. The van der Waals surface area contributed by atoms with Crippen LogP contribution in [0, 0.1) is 0 Å². The van der Waals surface area contributed by atoms with E-state index in [1.165, 1.54) is 0 Å². The van der Waals surface area contributed by atoms with Crippen LogP contribution in [0.5, 0.6) is 5.75 Å². The van der Waals surface area contributed by atoms with Crippen molar-refractivity contribution in [3.05, 3.63) is 192 Å². The zero-order valence-corrected chi connectivity index (χ0v) is 38.5. The van der Waals surface area contributed by atoms with Crippen LogP contribution in [0.3, 0.4) is 0 Å². The highest BCUT2D eigenvalue weighted by molar-refractivity contribution is 5.97. The average molecular weight is 941 g/mol. The molecule has 0 fully saturated rings. The van der Waals surface area contributed by atoms with E-state index in [2.05, 4.69) is 53.2 Å². The van der Waals surface area contributed by atoms with Crippen molar-refractivity contribution in [1.82, 2.24) is 48.1 Å². The number of aryl methyl sites for hydroxylation is 2. The summed E-state index contributed by atoms with van der Waals surface area (Å²) in [6, 6.07) is 42.2. The zero-order chi connectivity index (χ0) is 48.5. The number of hydrazine groups is 2. The number of fused-ring (bicyclic) bond motifs is 17. The number of carbonyl (C=O) groups is 5. The van der Waals surface area contributed by atoms with Crippen molar-refractivity contribution in [2.45, 2.75) is 75.2 Å². The minimum absolute atomic E-state index is 0.0454. The molecule has 16 nitrogen and oxygen atoms in total. The summed E-state index contributed by atoms with van der Waals surface area (Å²) in [6.45, 7) is -0.385. The van der Waals surface area contributed by atoms with E-state index in [1.54, 1.807) is 36.7 Å². The van der Waals surface area contributed by atoms with Crippen molar-refractivity contribution in [3.8, 4) is 16.9 Å². The summed E-state index contributed by atoms with van der Waals surface area (Å²) in [5.41, 5.74) is 14.5. The Morgan fingerprint density at radius 3 is 1.86 bits per heavy atom. The normalized spacial score (nSPS) is 19.3. The van der Waals surface area contributed by atoms with Gasteiger partial charge in [-0.2, -0.15) is 0 Å². The third-order valence-electron chi connectivity index (χ3n) is 12.2. The largest absolute Gasteiger partial charge is 0.484 e. The van der Waals surface area contributed by atoms with E-state index in [1.807, 2.05) is 127 Å². The highest BCUT2D eigenvalue weighted by atomic mass is 16.5. The number of rotatable bonds is 13. The van der Waals surface area contributed by atoms with Gasteiger partial charge in [0.1, 0.15) is 29.9 Å². The standard InChI is InChI=1S/C54H56N10O6/c65-49-35-70-43-24-18-37(19-25-43)21-27-45(52(67)59-46(50-61-63-64-62-50)32-38-12-6-2-7-13-38)57-51(66)44(26-20-36-10-4-1-5-11-36)58-54(69)48(60-53(68)47(56-49)34-40-28-30-55-31-29-40)33-39-16-22-42(23-17-39)41-14-8-3-9-15-41/h1-19,22-25,28-31,44-48,63-64H,20-21,26-27,32-35H2,(H,56,65)(H,57,66)(H,58,69)(H,59,67)(H,60,68)(H,61,62)/t44-,45-,46-,47-,48+/m0/s1. The van der Waals surface area contributed by atoms with Crippen LogP contribution in [-0.2, 0) is 56.1 Å². The van der Waals surface area contributed by atoms with Gasteiger partial charge in [0.2, 0.25) is 23.6 Å². The highest BCUT2D eigenvalue weighted by Crippen LogP contribution is 2.21. The van der Waals surface area contributed by atoms with E-state index in [0.29, 0.717) is 30.8 Å². The first-order valence-corrected chi connectivity index (χ1v) is 23.4. The molecule has 6 aromatic rings. The number of hydrogen-bond donors (Lipinski definition) is 8. The van der Waals surface area contributed by atoms with Gasteiger partial charge in [-0.1, -0.05) is 127 Å². The van der Waals surface area contributed by atoms with Crippen molar-refractivity contribution in [2.75, 3.05) is 6.61 Å². The lowest BCUT2D eigenvalue weighted by atomic mass is 9.98. The van der Waals surface area contributed by atoms with E-state index >= 15 is 0 Å². The highest BCUT2D eigenvalue weighted by Gasteiger charge is 2.33. The van der Waals surface area contributed by atoms with Gasteiger partial charge in [-0.3, -0.25) is 34.4 Å². The quantitative estimate of drug-likeness (QED) is 0.0785. The summed E-state index contributed by atoms with van der Waals surface area (Å²) in [5, 5.41) is 19.1. The molecule has 0 unspecified atom stereocenters. The molecule has 3 aliphatic heterocycles. The number of aromatic nitrogens is 1. The first-order chi connectivity index (χ1) is 34.2. The Hall–Kier alpha value is -8.37. The number of ether oxygens (including phenoxy) is 1. The lowest BCUT2D eigenvalue weighted by Gasteiger charge is -2.28. The van der Waals surface area contributed by atoms with Crippen molar-refractivity contribution < 1.29 is 28.7 Å². The Bertz CT molecular complexity index is 2710. The molecule has 4 heterocycles. The SMILES string of the molecule is O=C1COc2ccc(cc2)CC[C@@H](C(=O)N[C@@H](Cc2ccccc2)C2=NNNN2)NC(=O)[C@H](CCc2ccccc2)NC(=O)[C@@H](Cc2ccc(-c3ccccc3)cc2)NC(=O)[C@H](Cc2ccncc2)N1. The Morgan fingerprint density at radius 1 is 0.614 bits per heavy atom. The molecular weight excluding hydrogens is 885 g/mol. The molecule has 5 amide bonds. The van der Waals surface area contributed by atoms with Crippen molar-refractivity contribution in [3.63, 3.8) is 0 Å². The van der Waals surface area contributed by atoms with Gasteiger partial charge in [0.05, 0.1) is 6.04 Å². The van der Waals surface area contributed by atoms with Gasteiger partial charge in [0, 0.05) is 25.2 Å². The molecule has 2 bridgehead atoms. The van der Waals surface area contributed by atoms with Crippen LogP contribution in [0.4, 0.5) is 0 Å². The third kappa shape index (κ3) is 13.9. The van der Waals surface area contributed by atoms with E-state index in [9.17, 15) is 24.0 Å². The predicted molar refractivity (Wildman–Crippen MR) is 265 cm³/mol. The molecule has 0 saturated heterocycles. The fourth-order valence-electron chi connectivity index (χ4n) is 8.34. The Kier molecular flexibility index (Phi) is 16.5. The van der Waals surface area contributed by atoms with Gasteiger partial charge < -0.3 is 31.3 Å². The van der Waals surface area contributed by atoms with Gasteiger partial charge in [0.15, 0.2) is 12.4 Å². The second-order valence-corrected chi connectivity index (χ2v) is 17.2. The van der Waals surface area contributed by atoms with Crippen molar-refractivity contribution >= 4 is 35.4 Å². The maximum absolute atomic E-state index is 14.8. The van der Waals surface area contributed by atoms with Crippen LogP contribution in [0.15, 0.2) is 169 Å². The molecule has 1 aromatic heterocycles. The fourth-order valence-corrected chi connectivity index (χ4v) is 8.34. The van der Waals surface area contributed by atoms with Crippen LogP contribution < -0.4 is 47.8 Å². The van der Waals surface area contributed by atoms with Gasteiger partial charge in [-0.15, -0.1) is 10.6 Å². The number of nitrogens with zero attached hydrogens (tertiary/aromatic N) is 2. The third-order valence-corrected chi connectivity index (χ3v) is 12.2. The number of nitrogens with one attached hydrogen (secondary N) is 8. The molecule has 8 N–H and O–H groups in total.